The van der Waals surface area contributed by atoms with E-state index in [9.17, 15) is 14.9 Å². The molecule has 1 aromatic rings. The number of hydrogen-bond donors (Lipinski definition) is 1. The van der Waals surface area contributed by atoms with Crippen LogP contribution in [-0.4, -0.2) is 47.6 Å². The van der Waals surface area contributed by atoms with Gasteiger partial charge in [0.05, 0.1) is 4.92 Å². The monoisotopic (exact) mass is 319 g/mol. The van der Waals surface area contributed by atoms with Crippen LogP contribution >= 0.6 is 0 Å². The second kappa shape index (κ2) is 6.54. The molecule has 0 saturated carbocycles. The number of hydrogen-bond acceptors (Lipinski definition) is 5. The molecule has 0 bridgehead atoms. The Hall–Kier alpha value is -2.15. The Labute approximate surface area is 134 Å². The summed E-state index contributed by atoms with van der Waals surface area (Å²) in [6.07, 6.45) is 2.40. The third-order valence-corrected chi connectivity index (χ3v) is 4.55. The predicted molar refractivity (Wildman–Crippen MR) is 85.4 cm³/mol. The number of ether oxygens (including phenoxy) is 1. The predicted octanol–water partition coefficient (Wildman–Crippen LogP) is 2.10. The van der Waals surface area contributed by atoms with Gasteiger partial charge in [0.1, 0.15) is 11.7 Å². The molecule has 0 radical (unpaired) electrons. The number of aryl methyl sites for hydroxylation is 1. The Morgan fingerprint density at radius 3 is 2.74 bits per heavy atom. The Bertz CT molecular complexity index is 613. The van der Waals surface area contributed by atoms with Crippen LogP contribution in [0, 0.1) is 17.0 Å². The van der Waals surface area contributed by atoms with Gasteiger partial charge in [-0.2, -0.15) is 0 Å². The van der Waals surface area contributed by atoms with Crippen molar-refractivity contribution in [1.29, 1.82) is 0 Å². The van der Waals surface area contributed by atoms with Gasteiger partial charge in [-0.3, -0.25) is 14.9 Å². The summed E-state index contributed by atoms with van der Waals surface area (Å²) >= 11 is 0. The number of nitrogens with zero attached hydrogens (tertiary/aromatic N) is 2. The van der Waals surface area contributed by atoms with Crippen LogP contribution in [0.2, 0.25) is 0 Å². The highest BCUT2D eigenvalue weighted by molar-refractivity contribution is 5.87. The summed E-state index contributed by atoms with van der Waals surface area (Å²) in [5, 5.41) is 14.2. The van der Waals surface area contributed by atoms with Gasteiger partial charge in [-0.05, 0) is 37.8 Å². The number of likely N-dealkylation sites (tertiary alicyclic amines) is 1. The van der Waals surface area contributed by atoms with Gasteiger partial charge >= 0.3 is 0 Å². The quantitative estimate of drug-likeness (QED) is 0.678. The SMILES string of the molecule is Cc1ccc([N+](=O)[O-])c(N[C@@H]2CCN(C3CCOCC3)C2=O)c1. The molecule has 7 heteroatoms. The summed E-state index contributed by atoms with van der Waals surface area (Å²) in [5.74, 6) is 0.0349. The molecule has 124 valence electrons. The lowest BCUT2D eigenvalue weighted by atomic mass is 10.1. The van der Waals surface area contributed by atoms with Crippen molar-refractivity contribution in [3.8, 4) is 0 Å². The first kappa shape index (κ1) is 15.7. The minimum absolute atomic E-state index is 0.00733. The molecule has 1 N–H and O–H groups in total. The molecule has 0 unspecified atom stereocenters. The first-order valence-corrected chi connectivity index (χ1v) is 7.96. The molecule has 2 saturated heterocycles. The van der Waals surface area contributed by atoms with Crippen LogP contribution in [0.15, 0.2) is 18.2 Å². The molecular weight excluding hydrogens is 298 g/mol. The van der Waals surface area contributed by atoms with E-state index in [0.717, 1.165) is 18.4 Å². The van der Waals surface area contributed by atoms with Crippen molar-refractivity contribution in [3.63, 3.8) is 0 Å². The van der Waals surface area contributed by atoms with E-state index in [1.165, 1.54) is 6.07 Å². The van der Waals surface area contributed by atoms with Crippen molar-refractivity contribution in [2.75, 3.05) is 25.1 Å². The van der Waals surface area contributed by atoms with Gasteiger partial charge in [-0.25, -0.2) is 0 Å². The summed E-state index contributed by atoms with van der Waals surface area (Å²) in [6, 6.07) is 4.75. The average Bonchev–Trinajstić information content (AvgIpc) is 2.89. The topological polar surface area (TPSA) is 84.7 Å². The smallest absolute Gasteiger partial charge is 0.292 e. The maximum atomic E-state index is 12.6. The zero-order valence-electron chi connectivity index (χ0n) is 13.2. The van der Waals surface area contributed by atoms with Gasteiger partial charge in [0.2, 0.25) is 5.91 Å². The number of nitro benzene ring substituents is 1. The number of nitrogens with one attached hydrogen (secondary N) is 1. The molecule has 1 aromatic carbocycles. The molecular formula is C16H21N3O4. The van der Waals surface area contributed by atoms with Crippen LogP contribution in [-0.2, 0) is 9.53 Å². The van der Waals surface area contributed by atoms with E-state index < -0.39 is 11.0 Å². The zero-order chi connectivity index (χ0) is 16.4. The molecule has 2 aliphatic rings. The fourth-order valence-electron chi connectivity index (χ4n) is 3.31. The van der Waals surface area contributed by atoms with Gasteiger partial charge in [0.15, 0.2) is 0 Å². The molecule has 1 atom stereocenters. The number of amides is 1. The fourth-order valence-corrected chi connectivity index (χ4v) is 3.31. The van der Waals surface area contributed by atoms with E-state index in [4.69, 9.17) is 4.74 Å². The highest BCUT2D eigenvalue weighted by Crippen LogP contribution is 2.29. The molecule has 7 nitrogen and oxygen atoms in total. The van der Waals surface area contributed by atoms with Gasteiger partial charge in [-0.15, -0.1) is 0 Å². The molecule has 0 aliphatic carbocycles. The van der Waals surface area contributed by atoms with Crippen LogP contribution in [0.3, 0.4) is 0 Å². The number of nitro groups is 1. The van der Waals surface area contributed by atoms with E-state index in [1.807, 2.05) is 11.8 Å². The van der Waals surface area contributed by atoms with Crippen molar-refractivity contribution in [2.45, 2.75) is 38.3 Å². The third-order valence-electron chi connectivity index (χ3n) is 4.55. The lowest BCUT2D eigenvalue weighted by Gasteiger charge is -2.31. The highest BCUT2D eigenvalue weighted by Gasteiger charge is 2.37. The van der Waals surface area contributed by atoms with Gasteiger partial charge in [0.25, 0.3) is 5.69 Å². The van der Waals surface area contributed by atoms with E-state index in [-0.39, 0.29) is 17.6 Å². The van der Waals surface area contributed by atoms with Gasteiger partial charge in [-0.1, -0.05) is 6.07 Å². The van der Waals surface area contributed by atoms with Crippen molar-refractivity contribution >= 4 is 17.3 Å². The Morgan fingerprint density at radius 1 is 1.30 bits per heavy atom. The Kier molecular flexibility index (Phi) is 4.47. The van der Waals surface area contributed by atoms with Crippen molar-refractivity contribution < 1.29 is 14.5 Å². The molecule has 3 rings (SSSR count). The second-order valence-corrected chi connectivity index (χ2v) is 6.14. The molecule has 23 heavy (non-hydrogen) atoms. The molecule has 2 fully saturated rings. The van der Waals surface area contributed by atoms with Crippen LogP contribution in [0.5, 0.6) is 0 Å². The Balaban J connectivity index is 1.73. The second-order valence-electron chi connectivity index (χ2n) is 6.14. The maximum Gasteiger partial charge on any atom is 0.292 e. The molecule has 2 aliphatic heterocycles. The van der Waals surface area contributed by atoms with E-state index >= 15 is 0 Å². The summed E-state index contributed by atoms with van der Waals surface area (Å²) in [6.45, 7) is 3.95. The molecule has 0 aromatic heterocycles. The molecule has 0 spiro atoms. The minimum Gasteiger partial charge on any atom is -0.381 e. The van der Waals surface area contributed by atoms with Crippen molar-refractivity contribution in [3.05, 3.63) is 33.9 Å². The molecule has 2 heterocycles. The summed E-state index contributed by atoms with van der Waals surface area (Å²) in [5.41, 5.74) is 1.35. The van der Waals surface area contributed by atoms with Crippen molar-refractivity contribution in [2.24, 2.45) is 0 Å². The lowest BCUT2D eigenvalue weighted by Crippen LogP contribution is -2.43. The van der Waals surface area contributed by atoms with Crippen LogP contribution in [0.1, 0.15) is 24.8 Å². The van der Waals surface area contributed by atoms with Crippen LogP contribution < -0.4 is 5.32 Å². The third kappa shape index (κ3) is 3.29. The maximum absolute atomic E-state index is 12.6. The average molecular weight is 319 g/mol. The van der Waals surface area contributed by atoms with E-state index in [2.05, 4.69) is 5.32 Å². The van der Waals surface area contributed by atoms with Crippen LogP contribution in [0.25, 0.3) is 0 Å². The van der Waals surface area contributed by atoms with Crippen molar-refractivity contribution in [1.82, 2.24) is 4.90 Å². The van der Waals surface area contributed by atoms with Crippen LogP contribution in [0.4, 0.5) is 11.4 Å². The van der Waals surface area contributed by atoms with Gasteiger partial charge in [0, 0.05) is 31.9 Å². The fraction of sp³-hybridized carbons (Fsp3) is 0.562. The first-order valence-electron chi connectivity index (χ1n) is 7.96. The number of rotatable bonds is 4. The Morgan fingerprint density at radius 2 is 2.04 bits per heavy atom. The normalized spacial score (nSPS) is 22.4. The molecule has 1 amide bonds. The van der Waals surface area contributed by atoms with E-state index in [0.29, 0.717) is 31.9 Å². The number of benzene rings is 1. The summed E-state index contributed by atoms with van der Waals surface area (Å²) in [4.78, 5) is 25.3. The number of anilines is 1. The largest absolute Gasteiger partial charge is 0.381 e. The number of carbonyl (C=O) groups excluding carboxylic acids is 1. The van der Waals surface area contributed by atoms with Gasteiger partial charge < -0.3 is 15.0 Å². The zero-order valence-corrected chi connectivity index (χ0v) is 13.2. The number of carbonyl (C=O) groups is 1. The minimum atomic E-state index is -0.419. The summed E-state index contributed by atoms with van der Waals surface area (Å²) in [7, 11) is 0. The summed E-state index contributed by atoms with van der Waals surface area (Å²) < 4.78 is 5.34. The first-order chi connectivity index (χ1) is 11.1. The van der Waals surface area contributed by atoms with E-state index in [1.54, 1.807) is 12.1 Å². The highest BCUT2D eigenvalue weighted by atomic mass is 16.6. The lowest BCUT2D eigenvalue weighted by molar-refractivity contribution is -0.384. The standard InChI is InChI=1S/C16H21N3O4/c1-11-2-3-15(19(21)22)14(10-11)17-13-4-7-18(16(13)20)12-5-8-23-9-6-12/h2-3,10,12-13,17H,4-9H2,1H3/t13-/m1/s1.